The smallest absolute Gasteiger partial charge is 0.245 e. The second-order valence-electron chi connectivity index (χ2n) is 5.21. The summed E-state index contributed by atoms with van der Waals surface area (Å²) in [6, 6.07) is 0. The Morgan fingerprint density at radius 2 is 1.90 bits per heavy atom. The van der Waals surface area contributed by atoms with Gasteiger partial charge in [-0.2, -0.15) is 5.10 Å². The normalized spacial score (nSPS) is 14.3. The second kappa shape index (κ2) is 4.97. The van der Waals surface area contributed by atoms with Crippen molar-refractivity contribution in [2.45, 2.75) is 26.8 Å². The summed E-state index contributed by atoms with van der Waals surface area (Å²) in [5.74, 6) is 0.721. The Bertz CT molecular complexity index is 636. The Morgan fingerprint density at radius 3 is 2.60 bits per heavy atom. The van der Waals surface area contributed by atoms with Crippen LogP contribution in [0.2, 0.25) is 0 Å². The molecule has 0 aliphatic carbocycles. The van der Waals surface area contributed by atoms with E-state index < -0.39 is 0 Å². The molecular weight excluding hydrogens is 272 g/mol. The number of hydrogen-bond donors (Lipinski definition) is 0. The molecule has 7 heteroatoms. The van der Waals surface area contributed by atoms with Gasteiger partial charge in [-0.1, -0.05) is 11.3 Å². The van der Waals surface area contributed by atoms with E-state index in [4.69, 9.17) is 0 Å². The van der Waals surface area contributed by atoms with Crippen LogP contribution >= 0.6 is 11.3 Å². The van der Waals surface area contributed by atoms with Gasteiger partial charge in [0.1, 0.15) is 0 Å². The molecule has 0 atom stereocenters. The third-order valence-electron chi connectivity index (χ3n) is 3.47. The summed E-state index contributed by atoms with van der Waals surface area (Å²) in [6.07, 6.45) is 0.940. The second-order valence-corrected chi connectivity index (χ2v) is 6.28. The summed E-state index contributed by atoms with van der Waals surface area (Å²) in [4.78, 5) is 14.8. The van der Waals surface area contributed by atoms with E-state index in [1.54, 1.807) is 11.3 Å². The van der Waals surface area contributed by atoms with E-state index in [9.17, 15) is 0 Å². The monoisotopic (exact) mass is 290 g/mol. The molecule has 3 heterocycles. The molecule has 106 valence electrons. The van der Waals surface area contributed by atoms with Crippen LogP contribution in [-0.4, -0.2) is 40.8 Å². The SMILES string of the molecule is Cc1nnc(N2CCc3nc(N(C)C)sc3C2)nc1C. The Kier molecular flexibility index (Phi) is 3.29. The van der Waals surface area contributed by atoms with Crippen molar-refractivity contribution >= 4 is 22.4 Å². The molecule has 0 saturated carbocycles. The lowest BCUT2D eigenvalue weighted by molar-refractivity contribution is 0.689. The molecule has 0 bridgehead atoms. The standard InChI is InChI=1S/C13H18N6S/c1-8-9(2)16-17-12(14-8)19-6-5-10-11(7-19)20-13(15-10)18(3)4/h5-7H2,1-4H3. The van der Waals surface area contributed by atoms with Crippen molar-refractivity contribution in [2.75, 3.05) is 30.4 Å². The Balaban J connectivity index is 1.86. The van der Waals surface area contributed by atoms with E-state index in [2.05, 4.69) is 30.0 Å². The van der Waals surface area contributed by atoms with Crippen molar-refractivity contribution in [3.8, 4) is 0 Å². The van der Waals surface area contributed by atoms with E-state index in [-0.39, 0.29) is 0 Å². The van der Waals surface area contributed by atoms with Crippen LogP contribution in [-0.2, 0) is 13.0 Å². The van der Waals surface area contributed by atoms with E-state index in [1.807, 2.05) is 27.9 Å². The van der Waals surface area contributed by atoms with Gasteiger partial charge in [-0.05, 0) is 13.8 Å². The lowest BCUT2D eigenvalue weighted by atomic mass is 10.2. The summed E-state index contributed by atoms with van der Waals surface area (Å²) >= 11 is 1.75. The number of rotatable bonds is 2. The molecule has 0 N–H and O–H groups in total. The highest BCUT2D eigenvalue weighted by molar-refractivity contribution is 7.15. The highest BCUT2D eigenvalue weighted by atomic mass is 32.1. The Morgan fingerprint density at radius 1 is 1.10 bits per heavy atom. The minimum Gasteiger partial charge on any atom is -0.354 e. The van der Waals surface area contributed by atoms with Gasteiger partial charge in [0.25, 0.3) is 0 Å². The quantitative estimate of drug-likeness (QED) is 0.837. The number of aryl methyl sites for hydroxylation is 2. The minimum absolute atomic E-state index is 0.721. The molecule has 3 rings (SSSR count). The first kappa shape index (κ1) is 13.2. The van der Waals surface area contributed by atoms with Gasteiger partial charge in [-0.3, -0.25) is 0 Å². The zero-order valence-electron chi connectivity index (χ0n) is 12.2. The maximum absolute atomic E-state index is 4.67. The predicted octanol–water partition coefficient (Wildman–Crippen LogP) is 1.57. The molecule has 0 radical (unpaired) electrons. The van der Waals surface area contributed by atoms with Gasteiger partial charge in [-0.25, -0.2) is 9.97 Å². The van der Waals surface area contributed by atoms with Crippen LogP contribution in [0.5, 0.6) is 0 Å². The van der Waals surface area contributed by atoms with Crippen LogP contribution in [0.1, 0.15) is 22.0 Å². The molecule has 2 aromatic rings. The summed E-state index contributed by atoms with van der Waals surface area (Å²) in [7, 11) is 4.05. The Hall–Kier alpha value is -1.76. The van der Waals surface area contributed by atoms with Gasteiger partial charge in [0.2, 0.25) is 5.95 Å². The highest BCUT2D eigenvalue weighted by Crippen LogP contribution is 2.30. The zero-order chi connectivity index (χ0) is 14.3. The van der Waals surface area contributed by atoms with Gasteiger partial charge in [-0.15, -0.1) is 5.10 Å². The van der Waals surface area contributed by atoms with Crippen LogP contribution in [0.15, 0.2) is 0 Å². The molecule has 0 aromatic carbocycles. The third-order valence-corrected chi connectivity index (χ3v) is 4.72. The molecule has 20 heavy (non-hydrogen) atoms. The number of nitrogens with zero attached hydrogens (tertiary/aromatic N) is 6. The molecule has 0 unspecified atom stereocenters. The molecule has 0 amide bonds. The van der Waals surface area contributed by atoms with Crippen LogP contribution in [0, 0.1) is 13.8 Å². The summed E-state index contributed by atoms with van der Waals surface area (Å²) in [6.45, 7) is 5.62. The summed E-state index contributed by atoms with van der Waals surface area (Å²) in [5, 5.41) is 9.45. The summed E-state index contributed by atoms with van der Waals surface area (Å²) < 4.78 is 0. The first-order valence-electron chi connectivity index (χ1n) is 6.63. The maximum atomic E-state index is 4.67. The van der Waals surface area contributed by atoms with Gasteiger partial charge >= 0.3 is 0 Å². The predicted molar refractivity (Wildman–Crippen MR) is 80.5 cm³/mol. The maximum Gasteiger partial charge on any atom is 0.245 e. The zero-order valence-corrected chi connectivity index (χ0v) is 13.0. The van der Waals surface area contributed by atoms with Gasteiger partial charge in [0.05, 0.1) is 23.6 Å². The van der Waals surface area contributed by atoms with Gasteiger partial charge in [0.15, 0.2) is 5.13 Å². The van der Waals surface area contributed by atoms with Crippen LogP contribution in [0.3, 0.4) is 0 Å². The van der Waals surface area contributed by atoms with Crippen LogP contribution in [0.25, 0.3) is 0 Å². The van der Waals surface area contributed by atoms with Crippen molar-refractivity contribution in [3.05, 3.63) is 22.0 Å². The number of aromatic nitrogens is 4. The number of fused-ring (bicyclic) bond motifs is 1. The number of thiazole rings is 1. The van der Waals surface area contributed by atoms with E-state index >= 15 is 0 Å². The first-order chi connectivity index (χ1) is 9.54. The minimum atomic E-state index is 0.721. The fourth-order valence-corrected chi connectivity index (χ4v) is 3.17. The van der Waals surface area contributed by atoms with E-state index in [0.29, 0.717) is 0 Å². The third kappa shape index (κ3) is 2.33. The lowest BCUT2D eigenvalue weighted by Gasteiger charge is -2.25. The van der Waals surface area contributed by atoms with Gasteiger partial charge in [0, 0.05) is 31.9 Å². The average molecular weight is 290 g/mol. The lowest BCUT2D eigenvalue weighted by Crippen LogP contribution is -2.31. The van der Waals surface area contributed by atoms with Crippen molar-refractivity contribution < 1.29 is 0 Å². The Labute approximate surface area is 122 Å². The van der Waals surface area contributed by atoms with E-state index in [0.717, 1.165) is 42.0 Å². The van der Waals surface area contributed by atoms with Crippen molar-refractivity contribution in [2.24, 2.45) is 0 Å². The molecular formula is C13H18N6S. The van der Waals surface area contributed by atoms with Crippen LogP contribution < -0.4 is 9.80 Å². The molecule has 0 saturated heterocycles. The number of hydrogen-bond acceptors (Lipinski definition) is 7. The first-order valence-corrected chi connectivity index (χ1v) is 7.45. The topological polar surface area (TPSA) is 58.0 Å². The van der Waals surface area contributed by atoms with Gasteiger partial charge < -0.3 is 9.80 Å². The highest BCUT2D eigenvalue weighted by Gasteiger charge is 2.23. The average Bonchev–Trinajstić information content (AvgIpc) is 2.85. The molecule has 0 fully saturated rings. The molecule has 0 spiro atoms. The molecule has 1 aliphatic heterocycles. The fraction of sp³-hybridized carbons (Fsp3) is 0.538. The van der Waals surface area contributed by atoms with Crippen LogP contribution in [0.4, 0.5) is 11.1 Å². The molecule has 6 nitrogen and oxygen atoms in total. The number of anilines is 2. The molecule has 1 aliphatic rings. The largest absolute Gasteiger partial charge is 0.354 e. The van der Waals surface area contributed by atoms with Crippen molar-refractivity contribution in [1.29, 1.82) is 0 Å². The van der Waals surface area contributed by atoms with E-state index in [1.165, 1.54) is 10.6 Å². The van der Waals surface area contributed by atoms with Crippen molar-refractivity contribution in [3.63, 3.8) is 0 Å². The summed E-state index contributed by atoms with van der Waals surface area (Å²) in [5.41, 5.74) is 3.05. The van der Waals surface area contributed by atoms with Crippen molar-refractivity contribution in [1.82, 2.24) is 20.2 Å². The molecule has 2 aromatic heterocycles. The fourth-order valence-electron chi connectivity index (χ4n) is 2.12.